The Hall–Kier alpha value is -6.34. The van der Waals surface area contributed by atoms with Gasteiger partial charge >= 0.3 is 12.1 Å². The maximum absolute atomic E-state index is 15.8. The highest BCUT2D eigenvalue weighted by atomic mass is 16.6. The number of amides is 3. The standard InChI is InChI=1S/C45H41N3O9/c1-55-25-26-56-44(54)47-34-20-12-11-19-33(34)45(43(47)53)36(41(51)46-27-35(50)28-13-5-2-6-14-28)38-42(52)57-39(30-17-9-4-10-18-30)37(29-15-7-3-8-16-29)48(38)40(45)31-21-23-32(49)24-22-31/h2-24,35-40,49-50H,25-27H2,1H3,(H,46,51). The molecule has 7 unspecified atom stereocenters. The number of fused-ring (bicyclic) bond motifs is 3. The Morgan fingerprint density at radius 2 is 1.39 bits per heavy atom. The van der Waals surface area contributed by atoms with E-state index >= 15 is 9.59 Å². The van der Waals surface area contributed by atoms with E-state index in [4.69, 9.17) is 14.2 Å². The summed E-state index contributed by atoms with van der Waals surface area (Å²) in [5.41, 5.74) is 1.05. The molecule has 3 heterocycles. The molecule has 0 radical (unpaired) electrons. The van der Waals surface area contributed by atoms with Crippen molar-refractivity contribution in [3.05, 3.63) is 167 Å². The Morgan fingerprint density at radius 1 is 0.772 bits per heavy atom. The minimum Gasteiger partial charge on any atom is -0.508 e. The molecule has 12 nitrogen and oxygen atoms in total. The second-order valence-electron chi connectivity index (χ2n) is 14.3. The Labute approximate surface area is 329 Å². The molecule has 0 saturated carbocycles. The van der Waals surface area contributed by atoms with Gasteiger partial charge in [0.2, 0.25) is 11.8 Å². The Morgan fingerprint density at radius 3 is 2.05 bits per heavy atom. The summed E-state index contributed by atoms with van der Waals surface area (Å²) in [5.74, 6) is -3.78. The summed E-state index contributed by atoms with van der Waals surface area (Å²) in [4.78, 5) is 62.8. The summed E-state index contributed by atoms with van der Waals surface area (Å²) in [6, 6.07) is 37.2. The number of carbonyl (C=O) groups is 4. The molecular weight excluding hydrogens is 727 g/mol. The fourth-order valence-electron chi connectivity index (χ4n) is 8.88. The molecule has 8 rings (SSSR count). The molecule has 7 atom stereocenters. The van der Waals surface area contributed by atoms with Crippen LogP contribution in [0.1, 0.15) is 52.1 Å². The summed E-state index contributed by atoms with van der Waals surface area (Å²) in [5, 5.41) is 24.6. The molecule has 0 aliphatic carbocycles. The van der Waals surface area contributed by atoms with Gasteiger partial charge in [-0.2, -0.15) is 0 Å². The van der Waals surface area contributed by atoms with Crippen LogP contribution < -0.4 is 10.2 Å². The van der Waals surface area contributed by atoms with E-state index in [1.807, 2.05) is 71.6 Å². The predicted molar refractivity (Wildman–Crippen MR) is 208 cm³/mol. The fourth-order valence-corrected chi connectivity index (χ4v) is 8.88. The molecule has 0 bridgehead atoms. The molecule has 3 aliphatic rings. The van der Waals surface area contributed by atoms with Gasteiger partial charge in [0.25, 0.3) is 0 Å². The zero-order chi connectivity index (χ0) is 39.7. The number of aliphatic hydroxyl groups is 1. The molecule has 2 saturated heterocycles. The third-order valence-corrected chi connectivity index (χ3v) is 11.2. The van der Waals surface area contributed by atoms with Crippen LogP contribution in [-0.4, -0.2) is 71.9 Å². The first-order valence-electron chi connectivity index (χ1n) is 18.7. The second kappa shape index (κ2) is 15.7. The van der Waals surface area contributed by atoms with Gasteiger partial charge in [0.15, 0.2) is 0 Å². The van der Waals surface area contributed by atoms with Crippen molar-refractivity contribution >= 4 is 29.6 Å². The van der Waals surface area contributed by atoms with Crippen LogP contribution in [-0.2, 0) is 34.0 Å². The average Bonchev–Trinajstić information content (AvgIpc) is 3.70. The first-order chi connectivity index (χ1) is 27.8. The maximum atomic E-state index is 15.8. The molecule has 3 aliphatic heterocycles. The number of morpholine rings is 1. The topological polar surface area (TPSA) is 155 Å². The molecule has 2 fully saturated rings. The van der Waals surface area contributed by atoms with Crippen molar-refractivity contribution in [2.75, 3.05) is 31.8 Å². The van der Waals surface area contributed by atoms with Crippen molar-refractivity contribution in [2.45, 2.75) is 35.7 Å². The molecule has 5 aromatic carbocycles. The van der Waals surface area contributed by atoms with Gasteiger partial charge in [0.05, 0.1) is 36.4 Å². The van der Waals surface area contributed by atoms with Crippen LogP contribution in [0.3, 0.4) is 0 Å². The van der Waals surface area contributed by atoms with Gasteiger partial charge in [0.1, 0.15) is 29.9 Å². The van der Waals surface area contributed by atoms with Crippen molar-refractivity contribution in [3.8, 4) is 5.75 Å². The van der Waals surface area contributed by atoms with Gasteiger partial charge in [-0.05, 0) is 46.0 Å². The lowest BCUT2D eigenvalue weighted by Crippen LogP contribution is -2.56. The van der Waals surface area contributed by atoms with E-state index in [-0.39, 0.29) is 31.2 Å². The highest BCUT2D eigenvalue weighted by Crippen LogP contribution is 2.65. The second-order valence-corrected chi connectivity index (χ2v) is 14.3. The summed E-state index contributed by atoms with van der Waals surface area (Å²) >= 11 is 0. The van der Waals surface area contributed by atoms with Gasteiger partial charge in [-0.15, -0.1) is 0 Å². The first-order valence-corrected chi connectivity index (χ1v) is 18.7. The summed E-state index contributed by atoms with van der Waals surface area (Å²) in [6.07, 6.45) is -2.98. The summed E-state index contributed by atoms with van der Waals surface area (Å²) in [7, 11) is 1.46. The number of phenols is 1. The van der Waals surface area contributed by atoms with Crippen molar-refractivity contribution in [2.24, 2.45) is 5.92 Å². The van der Waals surface area contributed by atoms with Crippen molar-refractivity contribution in [1.29, 1.82) is 0 Å². The molecule has 57 heavy (non-hydrogen) atoms. The molecule has 1 spiro atoms. The zero-order valence-corrected chi connectivity index (χ0v) is 31.0. The number of anilines is 1. The van der Waals surface area contributed by atoms with E-state index in [0.717, 1.165) is 10.5 Å². The van der Waals surface area contributed by atoms with Gasteiger partial charge in [0, 0.05) is 13.7 Å². The Kier molecular flexibility index (Phi) is 10.3. The molecule has 5 aromatic rings. The number of cyclic esters (lactones) is 1. The molecule has 3 N–H and O–H groups in total. The number of imide groups is 1. The van der Waals surface area contributed by atoms with Crippen LogP contribution in [0.15, 0.2) is 140 Å². The minimum absolute atomic E-state index is 0.0344. The van der Waals surface area contributed by atoms with Gasteiger partial charge in [-0.25, -0.2) is 9.69 Å². The van der Waals surface area contributed by atoms with Gasteiger partial charge < -0.3 is 29.7 Å². The smallest absolute Gasteiger partial charge is 0.421 e. The number of carbonyl (C=O) groups excluding carboxylic acids is 4. The SMILES string of the molecule is COCCOC(=O)N1C(=O)C2(c3ccccc31)C(C(=O)NCC(O)c1ccccc1)C1C(=O)OC(c3ccccc3)C(c3ccccc3)N1C2c1ccc(O)cc1. The molecule has 290 valence electrons. The number of esters is 1. The normalized spacial score (nSPS) is 24.4. The van der Waals surface area contributed by atoms with Crippen LogP contribution in [0.25, 0.3) is 0 Å². The van der Waals surface area contributed by atoms with E-state index in [1.165, 1.54) is 19.2 Å². The van der Waals surface area contributed by atoms with E-state index < -0.39 is 65.5 Å². The van der Waals surface area contributed by atoms with Crippen LogP contribution in [0.5, 0.6) is 5.75 Å². The quantitative estimate of drug-likeness (QED) is 0.119. The van der Waals surface area contributed by atoms with Crippen LogP contribution >= 0.6 is 0 Å². The first kappa shape index (κ1) is 37.6. The Bertz CT molecular complexity index is 2260. The van der Waals surface area contributed by atoms with Crippen molar-refractivity contribution < 1.29 is 43.6 Å². The van der Waals surface area contributed by atoms with Crippen LogP contribution in [0, 0.1) is 5.92 Å². The lowest BCUT2D eigenvalue weighted by atomic mass is 9.65. The average molecular weight is 768 g/mol. The fraction of sp³-hybridized carbons (Fsp3) is 0.244. The number of benzene rings is 5. The number of aromatic hydroxyl groups is 1. The number of rotatable bonds is 10. The monoisotopic (exact) mass is 767 g/mol. The number of hydrogen-bond acceptors (Lipinski definition) is 10. The Balaban J connectivity index is 1.38. The summed E-state index contributed by atoms with van der Waals surface area (Å²) < 4.78 is 17.1. The molecule has 3 amide bonds. The zero-order valence-electron chi connectivity index (χ0n) is 31.0. The molecule has 0 aromatic heterocycles. The highest BCUT2D eigenvalue weighted by molar-refractivity contribution is 6.23. The highest BCUT2D eigenvalue weighted by Gasteiger charge is 2.75. The van der Waals surface area contributed by atoms with Crippen molar-refractivity contribution in [3.63, 3.8) is 0 Å². The lowest BCUT2D eigenvalue weighted by Gasteiger charge is -2.46. The van der Waals surface area contributed by atoms with Gasteiger partial charge in [-0.1, -0.05) is 121 Å². The number of para-hydroxylation sites is 1. The number of nitrogens with one attached hydrogen (secondary N) is 1. The van der Waals surface area contributed by atoms with Gasteiger partial charge in [-0.3, -0.25) is 19.3 Å². The van der Waals surface area contributed by atoms with E-state index in [0.29, 0.717) is 22.3 Å². The molecule has 12 heteroatoms. The van der Waals surface area contributed by atoms with Crippen molar-refractivity contribution in [1.82, 2.24) is 10.2 Å². The number of phenolic OH excluding ortho intramolecular Hbond substituents is 1. The number of nitrogens with zero attached hydrogens (tertiary/aromatic N) is 2. The number of hydrogen-bond donors (Lipinski definition) is 3. The third-order valence-electron chi connectivity index (χ3n) is 11.2. The van der Waals surface area contributed by atoms with Crippen LogP contribution in [0.4, 0.5) is 10.5 Å². The number of ether oxygens (including phenoxy) is 3. The predicted octanol–water partition coefficient (Wildman–Crippen LogP) is 5.69. The van der Waals surface area contributed by atoms with E-state index in [9.17, 15) is 19.8 Å². The summed E-state index contributed by atoms with van der Waals surface area (Å²) in [6.45, 7) is -0.311. The largest absolute Gasteiger partial charge is 0.508 e. The van der Waals surface area contributed by atoms with E-state index in [2.05, 4.69) is 5.32 Å². The number of methoxy groups -OCH3 is 1. The van der Waals surface area contributed by atoms with E-state index in [1.54, 1.807) is 60.7 Å². The lowest BCUT2D eigenvalue weighted by molar-refractivity contribution is -0.178. The minimum atomic E-state index is -1.96. The van der Waals surface area contributed by atoms with Crippen LogP contribution in [0.2, 0.25) is 0 Å². The third kappa shape index (κ3) is 6.41. The molecular formula is C45H41N3O9. The number of aliphatic hydroxyl groups excluding tert-OH is 1. The maximum Gasteiger partial charge on any atom is 0.421 e.